The van der Waals surface area contributed by atoms with Crippen molar-refractivity contribution in [1.29, 1.82) is 0 Å². The Morgan fingerprint density at radius 1 is 1.29 bits per heavy atom. The summed E-state index contributed by atoms with van der Waals surface area (Å²) in [4.78, 5) is 0.561. The van der Waals surface area contributed by atoms with E-state index in [1.807, 2.05) is 23.7 Å². The Balaban J connectivity index is 2.11. The zero-order chi connectivity index (χ0) is 15.2. The number of aryl methyl sites for hydroxylation is 2. The highest BCUT2D eigenvalue weighted by molar-refractivity contribution is 7.99. The van der Waals surface area contributed by atoms with Gasteiger partial charge in [-0.25, -0.2) is 0 Å². The number of hydrogen-bond acceptors (Lipinski definition) is 3. The predicted octanol–water partition coefficient (Wildman–Crippen LogP) is 4.39. The number of nitrogens with one attached hydrogen (secondary N) is 1. The molecule has 0 radical (unpaired) electrons. The molecule has 2 rings (SSSR count). The first-order valence-electron chi connectivity index (χ1n) is 6.97. The molecule has 0 saturated heterocycles. The standard InChI is InChI=1S/C15H19F2N3S/c1-3-11-9-12(20(4-2)19-11)10-18-13-7-5-6-8-14(13)21-15(16)17/h5-9,15,18H,3-4,10H2,1-2H3. The van der Waals surface area contributed by atoms with Gasteiger partial charge in [0.2, 0.25) is 0 Å². The monoisotopic (exact) mass is 311 g/mol. The number of halogens is 2. The first kappa shape index (κ1) is 15.8. The summed E-state index contributed by atoms with van der Waals surface area (Å²) in [5, 5.41) is 7.71. The highest BCUT2D eigenvalue weighted by atomic mass is 32.2. The molecule has 0 atom stereocenters. The number of anilines is 1. The molecule has 1 N–H and O–H groups in total. The lowest BCUT2D eigenvalue weighted by Gasteiger charge is -2.12. The van der Waals surface area contributed by atoms with Crippen LogP contribution in [0, 0.1) is 0 Å². The fourth-order valence-electron chi connectivity index (χ4n) is 2.10. The number of rotatable bonds is 7. The molecule has 1 aromatic heterocycles. The van der Waals surface area contributed by atoms with Gasteiger partial charge in [-0.3, -0.25) is 4.68 Å². The topological polar surface area (TPSA) is 29.9 Å². The number of alkyl halides is 2. The fraction of sp³-hybridized carbons (Fsp3) is 0.400. The Kier molecular flexibility index (Phi) is 5.61. The maximum Gasteiger partial charge on any atom is 0.288 e. The van der Waals surface area contributed by atoms with Gasteiger partial charge in [0.1, 0.15) is 0 Å². The quantitative estimate of drug-likeness (QED) is 0.769. The fourth-order valence-corrected chi connectivity index (χ4v) is 2.72. The van der Waals surface area contributed by atoms with Crippen LogP contribution in [0.15, 0.2) is 35.2 Å². The third-order valence-corrected chi connectivity index (χ3v) is 3.93. The van der Waals surface area contributed by atoms with Crippen molar-refractivity contribution in [3.8, 4) is 0 Å². The molecule has 114 valence electrons. The lowest BCUT2D eigenvalue weighted by atomic mass is 10.3. The zero-order valence-electron chi connectivity index (χ0n) is 12.1. The third kappa shape index (κ3) is 4.20. The van der Waals surface area contributed by atoms with E-state index in [-0.39, 0.29) is 0 Å². The van der Waals surface area contributed by atoms with Crippen LogP contribution >= 0.6 is 11.8 Å². The van der Waals surface area contributed by atoms with E-state index in [9.17, 15) is 8.78 Å². The average molecular weight is 311 g/mol. The van der Waals surface area contributed by atoms with Crippen LogP contribution in [0.1, 0.15) is 25.2 Å². The summed E-state index contributed by atoms with van der Waals surface area (Å²) in [5.74, 6) is -2.42. The van der Waals surface area contributed by atoms with Crippen LogP contribution in [-0.2, 0) is 19.5 Å². The van der Waals surface area contributed by atoms with Crippen LogP contribution in [0.5, 0.6) is 0 Å². The van der Waals surface area contributed by atoms with Gasteiger partial charge < -0.3 is 5.32 Å². The van der Waals surface area contributed by atoms with Crippen molar-refractivity contribution in [2.24, 2.45) is 0 Å². The molecular formula is C15H19F2N3S. The van der Waals surface area contributed by atoms with E-state index in [0.29, 0.717) is 23.2 Å². The van der Waals surface area contributed by atoms with Gasteiger partial charge in [0.15, 0.2) is 0 Å². The SMILES string of the molecule is CCc1cc(CNc2ccccc2SC(F)F)n(CC)n1. The van der Waals surface area contributed by atoms with Gasteiger partial charge in [0.25, 0.3) is 5.76 Å². The number of nitrogens with zero attached hydrogens (tertiary/aromatic N) is 2. The molecule has 0 aliphatic heterocycles. The van der Waals surface area contributed by atoms with Crippen molar-refractivity contribution in [3.05, 3.63) is 41.7 Å². The van der Waals surface area contributed by atoms with Crippen LogP contribution in [0.4, 0.5) is 14.5 Å². The van der Waals surface area contributed by atoms with Crippen LogP contribution < -0.4 is 5.32 Å². The molecule has 3 nitrogen and oxygen atoms in total. The number of aromatic nitrogens is 2. The van der Waals surface area contributed by atoms with E-state index >= 15 is 0 Å². The highest BCUT2D eigenvalue weighted by Crippen LogP contribution is 2.31. The van der Waals surface area contributed by atoms with Crippen LogP contribution in [0.25, 0.3) is 0 Å². The van der Waals surface area contributed by atoms with Crippen molar-refractivity contribution in [2.75, 3.05) is 5.32 Å². The number of benzene rings is 1. The minimum absolute atomic E-state index is 0.561. The van der Waals surface area contributed by atoms with Gasteiger partial charge in [-0.15, -0.1) is 0 Å². The second-order valence-electron chi connectivity index (χ2n) is 4.52. The summed E-state index contributed by atoms with van der Waals surface area (Å²) in [6, 6.07) is 9.18. The highest BCUT2D eigenvalue weighted by Gasteiger charge is 2.10. The molecule has 0 spiro atoms. The van der Waals surface area contributed by atoms with E-state index in [2.05, 4.69) is 23.4 Å². The molecule has 2 aromatic rings. The minimum Gasteiger partial charge on any atom is -0.378 e. The van der Waals surface area contributed by atoms with Gasteiger partial charge >= 0.3 is 0 Å². The van der Waals surface area contributed by atoms with E-state index in [1.165, 1.54) is 0 Å². The molecule has 1 aromatic carbocycles. The molecule has 21 heavy (non-hydrogen) atoms. The second-order valence-corrected chi connectivity index (χ2v) is 5.56. The first-order valence-corrected chi connectivity index (χ1v) is 7.85. The Hall–Kier alpha value is -1.56. The van der Waals surface area contributed by atoms with Crippen molar-refractivity contribution in [1.82, 2.24) is 9.78 Å². The van der Waals surface area contributed by atoms with Crippen LogP contribution in [0.3, 0.4) is 0 Å². The molecule has 0 saturated carbocycles. The van der Waals surface area contributed by atoms with Gasteiger partial charge in [-0.05, 0) is 31.5 Å². The molecule has 6 heteroatoms. The lowest BCUT2D eigenvalue weighted by molar-refractivity contribution is 0.252. The number of para-hydroxylation sites is 1. The smallest absolute Gasteiger partial charge is 0.288 e. The maximum absolute atomic E-state index is 12.6. The molecule has 1 heterocycles. The Morgan fingerprint density at radius 2 is 2.05 bits per heavy atom. The Morgan fingerprint density at radius 3 is 2.71 bits per heavy atom. The molecule has 0 fully saturated rings. The summed E-state index contributed by atoms with van der Waals surface area (Å²) < 4.78 is 27.0. The van der Waals surface area contributed by atoms with Crippen molar-refractivity contribution in [2.45, 2.75) is 44.0 Å². The largest absolute Gasteiger partial charge is 0.378 e. The van der Waals surface area contributed by atoms with Crippen molar-refractivity contribution >= 4 is 17.4 Å². The predicted molar refractivity (Wildman–Crippen MR) is 82.9 cm³/mol. The van der Waals surface area contributed by atoms with Gasteiger partial charge in [-0.1, -0.05) is 30.8 Å². The summed E-state index contributed by atoms with van der Waals surface area (Å²) >= 11 is 0.562. The Bertz CT molecular complexity index is 584. The van der Waals surface area contributed by atoms with E-state index in [0.717, 1.165) is 30.0 Å². The summed E-state index contributed by atoms with van der Waals surface area (Å²) in [7, 11) is 0. The number of hydrogen-bond donors (Lipinski definition) is 1. The number of thioether (sulfide) groups is 1. The van der Waals surface area contributed by atoms with E-state index < -0.39 is 5.76 Å². The zero-order valence-corrected chi connectivity index (χ0v) is 13.0. The average Bonchev–Trinajstić information content (AvgIpc) is 2.88. The molecule has 0 aliphatic rings. The van der Waals surface area contributed by atoms with Gasteiger partial charge in [0.05, 0.1) is 17.9 Å². The van der Waals surface area contributed by atoms with E-state index in [1.54, 1.807) is 12.1 Å². The van der Waals surface area contributed by atoms with Gasteiger partial charge in [0, 0.05) is 17.1 Å². The summed E-state index contributed by atoms with van der Waals surface area (Å²) in [6.07, 6.45) is 0.887. The molecule has 0 amide bonds. The van der Waals surface area contributed by atoms with Crippen molar-refractivity contribution in [3.63, 3.8) is 0 Å². The van der Waals surface area contributed by atoms with Crippen LogP contribution in [-0.4, -0.2) is 15.5 Å². The lowest BCUT2D eigenvalue weighted by Crippen LogP contribution is -2.08. The third-order valence-electron chi connectivity index (χ3n) is 3.14. The molecule has 0 bridgehead atoms. The normalized spacial score (nSPS) is 11.1. The molecular weight excluding hydrogens is 292 g/mol. The van der Waals surface area contributed by atoms with Gasteiger partial charge in [-0.2, -0.15) is 13.9 Å². The van der Waals surface area contributed by atoms with E-state index in [4.69, 9.17) is 0 Å². The Labute approximate surface area is 127 Å². The molecule has 0 aliphatic carbocycles. The van der Waals surface area contributed by atoms with Crippen molar-refractivity contribution < 1.29 is 8.78 Å². The molecule has 0 unspecified atom stereocenters. The minimum atomic E-state index is -2.42. The summed E-state index contributed by atoms with van der Waals surface area (Å²) in [5.41, 5.74) is 2.83. The van der Waals surface area contributed by atoms with Crippen LogP contribution in [0.2, 0.25) is 0 Å². The summed E-state index contributed by atoms with van der Waals surface area (Å²) in [6.45, 7) is 5.47. The first-order chi connectivity index (χ1) is 10.1. The second kappa shape index (κ2) is 7.45. The maximum atomic E-state index is 12.6.